The van der Waals surface area contributed by atoms with Gasteiger partial charge in [0.1, 0.15) is 17.3 Å². The number of nitrogens with one attached hydrogen (secondary N) is 1. The lowest BCUT2D eigenvalue weighted by molar-refractivity contribution is -0.384. The molecule has 24 heavy (non-hydrogen) atoms. The van der Waals surface area contributed by atoms with E-state index in [4.69, 9.17) is 21.1 Å². The number of nitro groups is 1. The first-order chi connectivity index (χ1) is 11.4. The Morgan fingerprint density at radius 2 is 2.00 bits per heavy atom. The van der Waals surface area contributed by atoms with Gasteiger partial charge in [0.05, 0.1) is 22.7 Å². The minimum absolute atomic E-state index is 0.0238. The van der Waals surface area contributed by atoms with Gasteiger partial charge in [0.25, 0.3) is 11.6 Å². The second-order valence-corrected chi connectivity index (χ2v) is 4.96. The molecule has 0 aliphatic heterocycles. The number of methoxy groups -OCH3 is 1. The van der Waals surface area contributed by atoms with E-state index in [0.717, 1.165) is 12.1 Å². The largest absolute Gasteiger partial charge is 0.495 e. The number of anilines is 1. The molecule has 126 valence electrons. The summed E-state index contributed by atoms with van der Waals surface area (Å²) in [4.78, 5) is 22.1. The molecule has 0 aliphatic carbocycles. The Hall–Kier alpha value is -2.87. The molecule has 2 aromatic rings. The summed E-state index contributed by atoms with van der Waals surface area (Å²) in [6, 6.07) is 7.27. The van der Waals surface area contributed by atoms with Gasteiger partial charge in [-0.05, 0) is 24.3 Å². The van der Waals surface area contributed by atoms with E-state index in [1.807, 2.05) is 0 Å². The van der Waals surface area contributed by atoms with Crippen molar-refractivity contribution in [2.24, 2.45) is 0 Å². The molecule has 7 nitrogen and oxygen atoms in total. The van der Waals surface area contributed by atoms with Gasteiger partial charge in [-0.25, -0.2) is 4.39 Å². The number of non-ortho nitro benzene ring substituents is 1. The van der Waals surface area contributed by atoms with Crippen LogP contribution in [-0.4, -0.2) is 24.5 Å². The molecule has 0 heterocycles. The predicted octanol–water partition coefficient (Wildman–Crippen LogP) is 3.41. The molecular weight excluding hydrogens is 343 g/mol. The van der Waals surface area contributed by atoms with Gasteiger partial charge in [-0.1, -0.05) is 11.6 Å². The molecule has 9 heteroatoms. The van der Waals surface area contributed by atoms with Gasteiger partial charge in [0.15, 0.2) is 6.61 Å². The van der Waals surface area contributed by atoms with Crippen LogP contribution in [0.2, 0.25) is 5.02 Å². The summed E-state index contributed by atoms with van der Waals surface area (Å²) in [5, 5.41) is 13.3. The third-order valence-corrected chi connectivity index (χ3v) is 3.22. The Bertz CT molecular complexity index is 784. The quantitative estimate of drug-likeness (QED) is 0.634. The standard InChI is InChI=1S/C15H12ClFN2O5/c1-23-14-5-3-10(19(21)22)7-12(14)18-15(20)8-24-13-4-2-9(17)6-11(13)16/h2-7H,8H2,1H3,(H,18,20). The zero-order valence-electron chi connectivity index (χ0n) is 12.4. The van der Waals surface area contributed by atoms with Crippen LogP contribution >= 0.6 is 11.6 Å². The van der Waals surface area contributed by atoms with E-state index in [1.54, 1.807) is 0 Å². The number of rotatable bonds is 6. The van der Waals surface area contributed by atoms with Crippen molar-refractivity contribution in [2.75, 3.05) is 19.0 Å². The second kappa shape index (κ2) is 7.60. The van der Waals surface area contributed by atoms with E-state index in [0.29, 0.717) is 0 Å². The van der Waals surface area contributed by atoms with E-state index in [-0.39, 0.29) is 27.9 Å². The second-order valence-electron chi connectivity index (χ2n) is 4.55. The van der Waals surface area contributed by atoms with Crippen LogP contribution in [0.5, 0.6) is 11.5 Å². The van der Waals surface area contributed by atoms with Crippen molar-refractivity contribution in [3.05, 3.63) is 57.4 Å². The summed E-state index contributed by atoms with van der Waals surface area (Å²) < 4.78 is 23.2. The molecule has 1 N–H and O–H groups in total. The molecule has 2 aromatic carbocycles. The fourth-order valence-corrected chi connectivity index (χ4v) is 2.05. The lowest BCUT2D eigenvalue weighted by Crippen LogP contribution is -2.20. The average Bonchev–Trinajstić information content (AvgIpc) is 2.53. The molecule has 0 fully saturated rings. The number of hydrogen-bond acceptors (Lipinski definition) is 5. The Morgan fingerprint density at radius 3 is 2.62 bits per heavy atom. The summed E-state index contributed by atoms with van der Waals surface area (Å²) in [6.07, 6.45) is 0. The predicted molar refractivity (Wildman–Crippen MR) is 85.2 cm³/mol. The molecular formula is C15H12ClFN2O5. The van der Waals surface area contributed by atoms with Gasteiger partial charge in [0, 0.05) is 12.1 Å². The maximum absolute atomic E-state index is 12.9. The first-order valence-electron chi connectivity index (χ1n) is 6.61. The smallest absolute Gasteiger partial charge is 0.271 e. The fraction of sp³-hybridized carbons (Fsp3) is 0.133. The SMILES string of the molecule is COc1ccc([N+](=O)[O-])cc1NC(=O)COc1ccc(F)cc1Cl. The summed E-state index contributed by atoms with van der Waals surface area (Å²) in [5.74, 6) is -0.722. The van der Waals surface area contributed by atoms with E-state index in [2.05, 4.69) is 5.32 Å². The highest BCUT2D eigenvalue weighted by Crippen LogP contribution is 2.29. The van der Waals surface area contributed by atoms with Crippen LogP contribution in [0.1, 0.15) is 0 Å². The highest BCUT2D eigenvalue weighted by atomic mass is 35.5. The lowest BCUT2D eigenvalue weighted by Gasteiger charge is -2.11. The van der Waals surface area contributed by atoms with E-state index in [1.165, 1.54) is 31.4 Å². The summed E-state index contributed by atoms with van der Waals surface area (Å²) in [5.41, 5.74) is -0.0703. The molecule has 2 rings (SSSR count). The Kier molecular flexibility index (Phi) is 5.54. The van der Waals surface area contributed by atoms with Crippen LogP contribution in [-0.2, 0) is 4.79 Å². The number of benzene rings is 2. The summed E-state index contributed by atoms with van der Waals surface area (Å²) in [7, 11) is 1.37. The normalized spacial score (nSPS) is 10.1. The fourth-order valence-electron chi connectivity index (χ4n) is 1.83. The minimum Gasteiger partial charge on any atom is -0.495 e. The Balaban J connectivity index is 2.06. The van der Waals surface area contributed by atoms with Gasteiger partial charge in [-0.15, -0.1) is 0 Å². The number of hydrogen-bond donors (Lipinski definition) is 1. The monoisotopic (exact) mass is 354 g/mol. The third-order valence-electron chi connectivity index (χ3n) is 2.92. The van der Waals surface area contributed by atoms with Gasteiger partial charge in [-0.3, -0.25) is 14.9 Å². The molecule has 0 saturated heterocycles. The van der Waals surface area contributed by atoms with E-state index in [9.17, 15) is 19.3 Å². The molecule has 1 amide bonds. The van der Waals surface area contributed by atoms with Crippen molar-refractivity contribution in [3.8, 4) is 11.5 Å². The summed E-state index contributed by atoms with van der Waals surface area (Å²) >= 11 is 5.78. The summed E-state index contributed by atoms with van der Waals surface area (Å²) in [6.45, 7) is -0.419. The number of carbonyl (C=O) groups excluding carboxylic acids is 1. The Labute approximate surface area is 141 Å². The van der Waals surface area contributed by atoms with Crippen LogP contribution in [0.3, 0.4) is 0 Å². The molecule has 0 radical (unpaired) electrons. The van der Waals surface area contributed by atoms with Crippen molar-refractivity contribution in [2.45, 2.75) is 0 Å². The number of amides is 1. The van der Waals surface area contributed by atoms with Crippen LogP contribution in [0.15, 0.2) is 36.4 Å². The van der Waals surface area contributed by atoms with Gasteiger partial charge in [-0.2, -0.15) is 0 Å². The van der Waals surface area contributed by atoms with Crippen molar-refractivity contribution < 1.29 is 23.6 Å². The highest BCUT2D eigenvalue weighted by molar-refractivity contribution is 6.32. The maximum Gasteiger partial charge on any atom is 0.271 e. The molecule has 0 saturated carbocycles. The average molecular weight is 355 g/mol. The van der Waals surface area contributed by atoms with E-state index >= 15 is 0 Å². The number of ether oxygens (including phenoxy) is 2. The molecule has 0 atom stereocenters. The van der Waals surface area contributed by atoms with Crippen molar-refractivity contribution in [1.29, 1.82) is 0 Å². The van der Waals surface area contributed by atoms with Crippen molar-refractivity contribution >= 4 is 28.9 Å². The van der Waals surface area contributed by atoms with Crippen LogP contribution in [0, 0.1) is 15.9 Å². The van der Waals surface area contributed by atoms with Gasteiger partial charge < -0.3 is 14.8 Å². The van der Waals surface area contributed by atoms with Crippen LogP contribution in [0.4, 0.5) is 15.8 Å². The first-order valence-corrected chi connectivity index (χ1v) is 6.98. The first kappa shape index (κ1) is 17.5. The molecule has 0 spiro atoms. The zero-order valence-corrected chi connectivity index (χ0v) is 13.2. The molecule has 0 bridgehead atoms. The maximum atomic E-state index is 12.9. The van der Waals surface area contributed by atoms with Crippen molar-refractivity contribution in [3.63, 3.8) is 0 Å². The number of halogens is 2. The third kappa shape index (κ3) is 4.32. The topological polar surface area (TPSA) is 90.7 Å². The number of nitrogens with zero attached hydrogens (tertiary/aromatic N) is 1. The number of nitro benzene ring substituents is 1. The molecule has 0 aromatic heterocycles. The van der Waals surface area contributed by atoms with Gasteiger partial charge >= 0.3 is 0 Å². The highest BCUT2D eigenvalue weighted by Gasteiger charge is 2.14. The lowest BCUT2D eigenvalue weighted by atomic mass is 10.2. The van der Waals surface area contributed by atoms with E-state index < -0.39 is 23.3 Å². The zero-order chi connectivity index (χ0) is 17.7. The molecule has 0 aliphatic rings. The molecule has 0 unspecified atom stereocenters. The minimum atomic E-state index is -0.593. The Morgan fingerprint density at radius 1 is 1.29 bits per heavy atom. The number of carbonyl (C=O) groups is 1. The van der Waals surface area contributed by atoms with Crippen LogP contribution < -0.4 is 14.8 Å². The van der Waals surface area contributed by atoms with Crippen LogP contribution in [0.25, 0.3) is 0 Å². The van der Waals surface area contributed by atoms with Crippen molar-refractivity contribution in [1.82, 2.24) is 0 Å². The van der Waals surface area contributed by atoms with Gasteiger partial charge in [0.2, 0.25) is 0 Å².